The number of hydrogen-bond donors (Lipinski definition) is 2. The topological polar surface area (TPSA) is 67.4 Å². The number of esters is 1. The van der Waals surface area contributed by atoms with Crippen LogP contribution in [0.2, 0.25) is 5.02 Å². The van der Waals surface area contributed by atoms with E-state index in [2.05, 4.69) is 15.4 Å². The van der Waals surface area contributed by atoms with Gasteiger partial charge in [0, 0.05) is 5.02 Å². The molecule has 2 N–H and O–H groups in total. The molecule has 1 aromatic carbocycles. The van der Waals surface area contributed by atoms with E-state index in [0.29, 0.717) is 10.7 Å². The molecule has 0 saturated carbocycles. The van der Waals surface area contributed by atoms with Crippen LogP contribution in [0.25, 0.3) is 0 Å². The van der Waals surface area contributed by atoms with Crippen LogP contribution in [0.5, 0.6) is 0 Å². The number of amides is 1. The van der Waals surface area contributed by atoms with Crippen LogP contribution in [0.1, 0.15) is 23.2 Å². The molecule has 1 aromatic rings. The summed E-state index contributed by atoms with van der Waals surface area (Å²) in [6.07, 6.45) is 1.77. The summed E-state index contributed by atoms with van der Waals surface area (Å²) in [7, 11) is 1.29. The zero-order valence-corrected chi connectivity index (χ0v) is 12.5. The van der Waals surface area contributed by atoms with Gasteiger partial charge in [-0.3, -0.25) is 4.79 Å². The van der Waals surface area contributed by atoms with E-state index in [1.165, 1.54) is 13.2 Å². The summed E-state index contributed by atoms with van der Waals surface area (Å²) in [5.41, 5.74) is 0.663. The summed E-state index contributed by atoms with van der Waals surface area (Å²) in [6, 6.07) is 4.49. The van der Waals surface area contributed by atoms with Crippen molar-refractivity contribution >= 4 is 41.6 Å². The molecule has 2 rings (SSSR count). The molecule has 1 heterocycles. The Morgan fingerprint density at radius 2 is 2.20 bits per heavy atom. The highest BCUT2D eigenvalue weighted by Gasteiger charge is 2.23. The minimum absolute atomic E-state index is 0. The molecule has 110 valence electrons. The molecular formula is C13H16Cl2N2O3. The van der Waals surface area contributed by atoms with E-state index in [-0.39, 0.29) is 29.9 Å². The summed E-state index contributed by atoms with van der Waals surface area (Å²) in [6.45, 7) is 0.836. The van der Waals surface area contributed by atoms with Gasteiger partial charge in [-0.05, 0) is 37.6 Å². The predicted molar refractivity (Wildman–Crippen MR) is 79.7 cm³/mol. The van der Waals surface area contributed by atoms with E-state index in [9.17, 15) is 9.59 Å². The normalized spacial score (nSPS) is 17.2. The van der Waals surface area contributed by atoms with Crippen molar-refractivity contribution in [2.24, 2.45) is 0 Å². The van der Waals surface area contributed by atoms with Crippen molar-refractivity contribution in [3.63, 3.8) is 0 Å². The highest BCUT2D eigenvalue weighted by Crippen LogP contribution is 2.22. The molecule has 5 nitrogen and oxygen atoms in total. The molecule has 0 unspecified atom stereocenters. The van der Waals surface area contributed by atoms with Crippen LogP contribution < -0.4 is 10.6 Å². The van der Waals surface area contributed by atoms with E-state index in [0.717, 1.165) is 19.4 Å². The third-order valence-electron chi connectivity index (χ3n) is 3.02. The molecule has 1 saturated heterocycles. The quantitative estimate of drug-likeness (QED) is 0.839. The lowest BCUT2D eigenvalue weighted by atomic mass is 10.1. The first-order chi connectivity index (χ1) is 9.11. The molecule has 0 spiro atoms. The highest BCUT2D eigenvalue weighted by atomic mass is 35.5. The number of benzene rings is 1. The van der Waals surface area contributed by atoms with Crippen molar-refractivity contribution in [2.45, 2.75) is 18.9 Å². The largest absolute Gasteiger partial charge is 0.465 e. The first kappa shape index (κ1) is 16.8. The number of carbonyl (C=O) groups excluding carboxylic acids is 2. The molecule has 20 heavy (non-hydrogen) atoms. The van der Waals surface area contributed by atoms with Crippen molar-refractivity contribution < 1.29 is 14.3 Å². The van der Waals surface area contributed by atoms with Crippen LogP contribution in [0.4, 0.5) is 5.69 Å². The fraction of sp³-hybridized carbons (Fsp3) is 0.385. The van der Waals surface area contributed by atoms with Crippen molar-refractivity contribution in [3.05, 3.63) is 28.8 Å². The zero-order valence-electron chi connectivity index (χ0n) is 10.9. The van der Waals surface area contributed by atoms with E-state index in [1.807, 2.05) is 0 Å². The number of halogens is 2. The van der Waals surface area contributed by atoms with E-state index in [1.54, 1.807) is 12.1 Å². The van der Waals surface area contributed by atoms with Gasteiger partial charge in [0.1, 0.15) is 0 Å². The van der Waals surface area contributed by atoms with Gasteiger partial charge in [-0.25, -0.2) is 4.79 Å². The monoisotopic (exact) mass is 318 g/mol. The molecular weight excluding hydrogens is 303 g/mol. The van der Waals surface area contributed by atoms with Crippen LogP contribution in [0.15, 0.2) is 18.2 Å². The second-order valence-corrected chi connectivity index (χ2v) is 4.76. The zero-order chi connectivity index (χ0) is 13.8. The summed E-state index contributed by atoms with van der Waals surface area (Å²) >= 11 is 5.85. The molecule has 1 aliphatic rings. The van der Waals surface area contributed by atoms with Crippen molar-refractivity contribution in [3.8, 4) is 0 Å². The first-order valence-corrected chi connectivity index (χ1v) is 6.41. The summed E-state index contributed by atoms with van der Waals surface area (Å²) < 4.78 is 4.67. The Balaban J connectivity index is 0.00000200. The van der Waals surface area contributed by atoms with Crippen molar-refractivity contribution in [1.82, 2.24) is 5.32 Å². The first-order valence-electron chi connectivity index (χ1n) is 6.04. The molecule has 7 heteroatoms. The molecule has 1 aliphatic heterocycles. The number of methoxy groups -OCH3 is 1. The van der Waals surface area contributed by atoms with Crippen LogP contribution in [-0.2, 0) is 9.53 Å². The standard InChI is InChI=1S/C13H15ClN2O3.ClH/c1-19-13(18)9-7-8(14)4-5-10(9)16-12(17)11-3-2-6-15-11;/h4-5,7,11,15H,2-3,6H2,1H3,(H,16,17);1H/t11-;/m0./s1. The fourth-order valence-electron chi connectivity index (χ4n) is 2.03. The number of nitrogens with one attached hydrogen (secondary N) is 2. The minimum atomic E-state index is -0.530. The smallest absolute Gasteiger partial charge is 0.340 e. The SMILES string of the molecule is COC(=O)c1cc(Cl)ccc1NC(=O)[C@@H]1CCCN1.Cl. The highest BCUT2D eigenvalue weighted by molar-refractivity contribution is 6.31. The molecule has 0 radical (unpaired) electrons. The maximum Gasteiger partial charge on any atom is 0.340 e. The summed E-state index contributed by atoms with van der Waals surface area (Å²) in [5, 5.41) is 6.24. The number of rotatable bonds is 3. The number of anilines is 1. The van der Waals surface area contributed by atoms with E-state index in [4.69, 9.17) is 11.6 Å². The third-order valence-corrected chi connectivity index (χ3v) is 3.26. The third kappa shape index (κ3) is 3.85. The Labute approximate surface area is 128 Å². The average molecular weight is 319 g/mol. The molecule has 1 atom stereocenters. The Morgan fingerprint density at radius 1 is 1.45 bits per heavy atom. The van der Waals surface area contributed by atoms with Gasteiger partial charge >= 0.3 is 5.97 Å². The van der Waals surface area contributed by atoms with E-state index >= 15 is 0 Å². The number of hydrogen-bond acceptors (Lipinski definition) is 4. The number of ether oxygens (including phenoxy) is 1. The van der Waals surface area contributed by atoms with Gasteiger partial charge in [-0.15, -0.1) is 12.4 Å². The van der Waals surface area contributed by atoms with E-state index < -0.39 is 5.97 Å². The lowest BCUT2D eigenvalue weighted by Crippen LogP contribution is -2.35. The summed E-state index contributed by atoms with van der Waals surface area (Å²) in [5.74, 6) is -0.679. The predicted octanol–water partition coefficient (Wildman–Crippen LogP) is 2.24. The Hall–Kier alpha value is -1.30. The second kappa shape index (κ2) is 7.47. The average Bonchev–Trinajstić information content (AvgIpc) is 2.94. The van der Waals surface area contributed by atoms with Crippen molar-refractivity contribution in [2.75, 3.05) is 19.0 Å². The van der Waals surface area contributed by atoms with Gasteiger partial charge in [0.05, 0.1) is 24.4 Å². The Bertz CT molecular complexity index is 502. The second-order valence-electron chi connectivity index (χ2n) is 4.32. The van der Waals surface area contributed by atoms with Crippen LogP contribution >= 0.6 is 24.0 Å². The van der Waals surface area contributed by atoms with Crippen molar-refractivity contribution in [1.29, 1.82) is 0 Å². The molecule has 1 fully saturated rings. The number of carbonyl (C=O) groups is 2. The molecule has 0 aliphatic carbocycles. The van der Waals surface area contributed by atoms with Gasteiger partial charge in [0.2, 0.25) is 5.91 Å². The Kier molecular flexibility index (Phi) is 6.26. The Morgan fingerprint density at radius 3 is 2.80 bits per heavy atom. The van der Waals surface area contributed by atoms with Gasteiger partial charge in [0.15, 0.2) is 0 Å². The minimum Gasteiger partial charge on any atom is -0.465 e. The van der Waals surface area contributed by atoms with Gasteiger partial charge < -0.3 is 15.4 Å². The maximum atomic E-state index is 12.0. The maximum absolute atomic E-state index is 12.0. The van der Waals surface area contributed by atoms with Gasteiger partial charge in [0.25, 0.3) is 0 Å². The van der Waals surface area contributed by atoms with Gasteiger partial charge in [-0.2, -0.15) is 0 Å². The molecule has 0 aromatic heterocycles. The lowest BCUT2D eigenvalue weighted by Gasteiger charge is -2.13. The molecule has 0 bridgehead atoms. The van der Waals surface area contributed by atoms with Crippen LogP contribution in [0, 0.1) is 0 Å². The fourth-order valence-corrected chi connectivity index (χ4v) is 2.20. The summed E-state index contributed by atoms with van der Waals surface area (Å²) in [4.78, 5) is 23.6. The van der Waals surface area contributed by atoms with Gasteiger partial charge in [-0.1, -0.05) is 11.6 Å². The lowest BCUT2D eigenvalue weighted by molar-refractivity contribution is -0.117. The van der Waals surface area contributed by atoms with Crippen LogP contribution in [0.3, 0.4) is 0 Å². The molecule has 1 amide bonds. The van der Waals surface area contributed by atoms with Crippen LogP contribution in [-0.4, -0.2) is 31.6 Å².